The molecule has 0 atom stereocenters. The van der Waals surface area contributed by atoms with Crippen LogP contribution in [-0.2, 0) is 6.54 Å². The lowest BCUT2D eigenvalue weighted by atomic mass is 10.2. The van der Waals surface area contributed by atoms with Crippen LogP contribution in [0.25, 0.3) is 9.53 Å². The molecule has 0 aromatic carbocycles. The van der Waals surface area contributed by atoms with Gasteiger partial charge in [0.1, 0.15) is 4.83 Å². The first-order valence-corrected chi connectivity index (χ1v) is 9.55. The number of rotatable bonds is 6. The smallest absolute Gasteiger partial charge is 0.264 e. The van der Waals surface area contributed by atoms with E-state index in [-0.39, 0.29) is 5.91 Å². The van der Waals surface area contributed by atoms with Crippen LogP contribution in [0.4, 0.5) is 5.13 Å². The number of carbonyl (C=O) groups excluding carboxylic acids is 1. The van der Waals surface area contributed by atoms with E-state index in [1.54, 1.807) is 28.6 Å². The van der Waals surface area contributed by atoms with E-state index in [9.17, 15) is 4.79 Å². The van der Waals surface area contributed by atoms with E-state index in [0.29, 0.717) is 6.54 Å². The number of thiazole rings is 1. The minimum atomic E-state index is 0.0263. The first-order valence-electron chi connectivity index (χ1n) is 7.92. The van der Waals surface area contributed by atoms with Gasteiger partial charge >= 0.3 is 0 Å². The number of hydrogen-bond donors (Lipinski definition) is 0. The highest BCUT2D eigenvalue weighted by Crippen LogP contribution is 2.35. The molecule has 0 spiro atoms. The maximum atomic E-state index is 12.6. The number of hydrogen-bond acceptors (Lipinski definition) is 6. The first kappa shape index (κ1) is 16.9. The summed E-state index contributed by atoms with van der Waals surface area (Å²) in [6.07, 6.45) is 3.52. The lowest BCUT2D eigenvalue weighted by molar-refractivity contribution is 0.0790. The van der Waals surface area contributed by atoms with Crippen LogP contribution in [0.5, 0.6) is 0 Å². The molecule has 0 radical (unpaired) electrons. The second-order valence-corrected chi connectivity index (χ2v) is 7.51. The van der Waals surface area contributed by atoms with E-state index < -0.39 is 0 Å². The molecule has 0 fully saturated rings. The van der Waals surface area contributed by atoms with E-state index >= 15 is 0 Å². The van der Waals surface area contributed by atoms with Crippen molar-refractivity contribution in [3.8, 4) is 0 Å². The van der Waals surface area contributed by atoms with Gasteiger partial charge in [-0.3, -0.25) is 9.78 Å². The average molecular weight is 361 g/mol. The average Bonchev–Trinajstić information content (AvgIpc) is 3.15. The molecule has 0 aliphatic rings. The van der Waals surface area contributed by atoms with Gasteiger partial charge in [0, 0.05) is 39.1 Å². The Kier molecular flexibility index (Phi) is 5.11. The van der Waals surface area contributed by atoms with Gasteiger partial charge in [-0.05, 0) is 31.5 Å². The van der Waals surface area contributed by atoms with Crippen molar-refractivity contribution >= 4 is 43.2 Å². The summed E-state index contributed by atoms with van der Waals surface area (Å²) < 4.78 is 1.08. The zero-order valence-electron chi connectivity index (χ0n) is 14.0. The van der Waals surface area contributed by atoms with Gasteiger partial charge in [-0.1, -0.05) is 17.4 Å². The molecule has 126 valence electrons. The summed E-state index contributed by atoms with van der Waals surface area (Å²) >= 11 is 3.12. The third kappa shape index (κ3) is 3.42. The fourth-order valence-corrected chi connectivity index (χ4v) is 4.82. The van der Waals surface area contributed by atoms with Crippen LogP contribution < -0.4 is 4.90 Å². The Hall–Kier alpha value is -1.99. The molecule has 24 heavy (non-hydrogen) atoms. The Balaban J connectivity index is 1.76. The summed E-state index contributed by atoms with van der Waals surface area (Å²) in [7, 11) is 1.82. The monoisotopic (exact) mass is 360 g/mol. The molecule has 0 N–H and O–H groups in total. The summed E-state index contributed by atoms with van der Waals surface area (Å²) in [6.45, 7) is 6.69. The van der Waals surface area contributed by atoms with Crippen molar-refractivity contribution in [2.24, 2.45) is 0 Å². The minimum Gasteiger partial charge on any atom is -0.349 e. The van der Waals surface area contributed by atoms with Gasteiger partial charge in [-0.15, -0.1) is 11.3 Å². The van der Waals surface area contributed by atoms with E-state index in [4.69, 9.17) is 0 Å². The van der Waals surface area contributed by atoms with Crippen molar-refractivity contribution in [1.82, 2.24) is 14.9 Å². The second kappa shape index (κ2) is 7.27. The maximum Gasteiger partial charge on any atom is 0.264 e. The molecular formula is C17H20N4OS2. The number of thiophene rings is 1. The summed E-state index contributed by atoms with van der Waals surface area (Å²) in [6, 6.07) is 5.82. The highest BCUT2D eigenvalue weighted by atomic mass is 32.1. The van der Waals surface area contributed by atoms with Gasteiger partial charge in [0.25, 0.3) is 5.91 Å². The molecule has 7 heteroatoms. The van der Waals surface area contributed by atoms with Gasteiger partial charge < -0.3 is 9.80 Å². The molecular weight excluding hydrogens is 340 g/mol. The van der Waals surface area contributed by atoms with Crippen molar-refractivity contribution in [2.75, 3.05) is 25.0 Å². The summed E-state index contributed by atoms with van der Waals surface area (Å²) in [5, 5.41) is 1.03. The normalized spacial score (nSPS) is 11.0. The molecule has 3 aromatic heterocycles. The van der Waals surface area contributed by atoms with E-state index in [2.05, 4.69) is 28.7 Å². The molecule has 0 aliphatic heterocycles. The van der Waals surface area contributed by atoms with Crippen LogP contribution in [0, 0.1) is 0 Å². The van der Waals surface area contributed by atoms with Gasteiger partial charge in [0.05, 0.1) is 9.58 Å². The Morgan fingerprint density at radius 3 is 2.67 bits per heavy atom. The molecule has 1 amide bonds. The predicted octanol–water partition coefficient (Wildman–Crippen LogP) is 3.87. The summed E-state index contributed by atoms with van der Waals surface area (Å²) in [5.41, 5.74) is 1.02. The highest BCUT2D eigenvalue weighted by molar-refractivity contribution is 7.29. The van der Waals surface area contributed by atoms with Crippen molar-refractivity contribution < 1.29 is 4.79 Å². The molecule has 3 rings (SSSR count). The number of amides is 1. The van der Waals surface area contributed by atoms with Crippen LogP contribution in [-0.4, -0.2) is 40.9 Å². The molecule has 5 nitrogen and oxygen atoms in total. The lowest BCUT2D eigenvalue weighted by Gasteiger charge is -2.16. The summed E-state index contributed by atoms with van der Waals surface area (Å²) in [4.78, 5) is 27.0. The quantitative estimate of drug-likeness (QED) is 0.669. The van der Waals surface area contributed by atoms with Gasteiger partial charge in [0.2, 0.25) is 0 Å². The van der Waals surface area contributed by atoms with Crippen LogP contribution in [0.2, 0.25) is 0 Å². The summed E-state index contributed by atoms with van der Waals surface area (Å²) in [5.74, 6) is 0.0263. The van der Waals surface area contributed by atoms with Crippen molar-refractivity contribution in [3.63, 3.8) is 0 Å². The third-order valence-corrected chi connectivity index (χ3v) is 6.02. The van der Waals surface area contributed by atoms with Crippen molar-refractivity contribution in [3.05, 3.63) is 41.0 Å². The number of anilines is 1. The van der Waals surface area contributed by atoms with Crippen LogP contribution >= 0.6 is 22.7 Å². The maximum absolute atomic E-state index is 12.6. The van der Waals surface area contributed by atoms with Crippen LogP contribution in [0.15, 0.2) is 30.6 Å². The third-order valence-electron chi connectivity index (χ3n) is 3.81. The molecule has 3 heterocycles. The first-order chi connectivity index (χ1) is 11.6. The molecule has 0 unspecified atom stereocenters. The zero-order chi connectivity index (χ0) is 17.1. The van der Waals surface area contributed by atoms with Crippen molar-refractivity contribution in [2.45, 2.75) is 20.4 Å². The van der Waals surface area contributed by atoms with Crippen molar-refractivity contribution in [1.29, 1.82) is 0 Å². The van der Waals surface area contributed by atoms with Gasteiger partial charge in [-0.25, -0.2) is 4.98 Å². The molecule has 0 aliphatic carbocycles. The number of carbonyl (C=O) groups is 1. The Bertz CT molecular complexity index is 792. The van der Waals surface area contributed by atoms with E-state index in [1.807, 2.05) is 25.2 Å². The Labute approximate surface area is 149 Å². The fraction of sp³-hybridized carbons (Fsp3) is 0.353. The van der Waals surface area contributed by atoms with Crippen LogP contribution in [0.3, 0.4) is 0 Å². The molecule has 3 aromatic rings. The second-order valence-electron chi connectivity index (χ2n) is 5.47. The SMILES string of the molecule is CCN(CC)c1nc2sc(C(=O)N(C)Cc3cccnc3)cc2s1. The lowest BCUT2D eigenvalue weighted by Crippen LogP contribution is -2.25. The number of nitrogens with zero attached hydrogens (tertiary/aromatic N) is 4. The zero-order valence-corrected chi connectivity index (χ0v) is 15.7. The largest absolute Gasteiger partial charge is 0.349 e. The van der Waals surface area contributed by atoms with Gasteiger partial charge in [0.15, 0.2) is 5.13 Å². The Morgan fingerprint density at radius 1 is 1.25 bits per heavy atom. The van der Waals surface area contributed by atoms with E-state index in [0.717, 1.165) is 38.2 Å². The topological polar surface area (TPSA) is 49.3 Å². The number of pyridine rings is 1. The molecule has 0 bridgehead atoms. The minimum absolute atomic E-state index is 0.0263. The van der Waals surface area contributed by atoms with Gasteiger partial charge in [-0.2, -0.15) is 0 Å². The number of fused-ring (bicyclic) bond motifs is 1. The Morgan fingerprint density at radius 2 is 2.04 bits per heavy atom. The predicted molar refractivity (Wildman–Crippen MR) is 101 cm³/mol. The van der Waals surface area contributed by atoms with Crippen LogP contribution in [0.1, 0.15) is 29.1 Å². The standard InChI is InChI=1S/C17H20N4OS2/c1-4-21(5-2)17-19-15-13(24-17)9-14(23-15)16(22)20(3)11-12-7-6-8-18-10-12/h6-10H,4-5,11H2,1-3H3. The van der Waals surface area contributed by atoms with E-state index in [1.165, 1.54) is 11.3 Å². The number of aromatic nitrogens is 2. The molecule has 0 saturated heterocycles. The fourth-order valence-electron chi connectivity index (χ4n) is 2.48. The molecule has 0 saturated carbocycles. The highest BCUT2D eigenvalue weighted by Gasteiger charge is 2.18.